The Morgan fingerprint density at radius 3 is 3.17 bits per heavy atom. The molecule has 0 aliphatic carbocycles. The molecule has 5 nitrogen and oxygen atoms in total. The largest absolute Gasteiger partial charge is 0.367 e. The molecular weight excluding hydrogens is 158 g/mol. The molecule has 1 saturated heterocycles. The van der Waals surface area contributed by atoms with E-state index in [1.165, 1.54) is 0 Å². The number of hydrogen-bond donors (Lipinski definition) is 1. The molecule has 0 spiro atoms. The third-order valence-electron chi connectivity index (χ3n) is 1.86. The van der Waals surface area contributed by atoms with Crippen LogP contribution in [-0.2, 0) is 0 Å². The summed E-state index contributed by atoms with van der Waals surface area (Å²) in [7, 11) is 0. The predicted molar refractivity (Wildman–Crippen MR) is 44.9 cm³/mol. The first kappa shape index (κ1) is 8.83. The normalized spacial score (nSPS) is 20.8. The van der Waals surface area contributed by atoms with Gasteiger partial charge < -0.3 is 10.2 Å². The van der Waals surface area contributed by atoms with E-state index >= 15 is 0 Å². The molecule has 1 aliphatic heterocycles. The van der Waals surface area contributed by atoms with Crippen LogP contribution in [0.15, 0.2) is 12.0 Å². The zero-order valence-electron chi connectivity index (χ0n) is 7.12. The third-order valence-corrected chi connectivity index (χ3v) is 1.86. The van der Waals surface area contributed by atoms with Gasteiger partial charge in [-0.05, 0) is 13.3 Å². The second-order valence-electron chi connectivity index (χ2n) is 2.66. The maximum Gasteiger partial charge on any atom is 0.274 e. The molecule has 1 aliphatic rings. The van der Waals surface area contributed by atoms with Crippen molar-refractivity contribution in [3.63, 3.8) is 0 Å². The van der Waals surface area contributed by atoms with Gasteiger partial charge in [0.25, 0.3) is 6.20 Å². The first-order chi connectivity index (χ1) is 5.74. The minimum atomic E-state index is -0.420. The van der Waals surface area contributed by atoms with Crippen molar-refractivity contribution in [1.82, 2.24) is 10.2 Å². The van der Waals surface area contributed by atoms with E-state index in [2.05, 4.69) is 5.32 Å². The van der Waals surface area contributed by atoms with Crippen LogP contribution in [0.4, 0.5) is 0 Å². The summed E-state index contributed by atoms with van der Waals surface area (Å²) in [5.41, 5.74) is 0. The minimum absolute atomic E-state index is 0.420. The summed E-state index contributed by atoms with van der Waals surface area (Å²) in [4.78, 5) is 11.7. The molecule has 0 aromatic rings. The molecule has 0 atom stereocenters. The maximum atomic E-state index is 10.2. The van der Waals surface area contributed by atoms with E-state index in [0.717, 1.165) is 32.3 Å². The smallest absolute Gasteiger partial charge is 0.274 e. The summed E-state index contributed by atoms with van der Waals surface area (Å²) in [5, 5.41) is 13.2. The highest BCUT2D eigenvalue weighted by Crippen LogP contribution is 2.06. The van der Waals surface area contributed by atoms with Crippen LogP contribution in [0.3, 0.4) is 0 Å². The van der Waals surface area contributed by atoms with E-state index in [1.807, 2.05) is 11.8 Å². The highest BCUT2D eigenvalue weighted by molar-refractivity contribution is 4.97. The van der Waals surface area contributed by atoms with Gasteiger partial charge in [-0.3, -0.25) is 10.1 Å². The van der Waals surface area contributed by atoms with Gasteiger partial charge >= 0.3 is 0 Å². The van der Waals surface area contributed by atoms with Gasteiger partial charge in [0.05, 0.1) is 4.92 Å². The summed E-state index contributed by atoms with van der Waals surface area (Å²) >= 11 is 0. The molecular formula is C7H13N3O2. The Hall–Kier alpha value is -1.26. The van der Waals surface area contributed by atoms with Gasteiger partial charge in [0.2, 0.25) is 0 Å². The molecule has 1 fully saturated rings. The van der Waals surface area contributed by atoms with Crippen LogP contribution in [0.5, 0.6) is 0 Å². The second kappa shape index (κ2) is 3.94. The Labute approximate surface area is 71.2 Å². The highest BCUT2D eigenvalue weighted by Gasteiger charge is 2.14. The topological polar surface area (TPSA) is 58.4 Å². The first-order valence-corrected chi connectivity index (χ1v) is 4.08. The summed E-state index contributed by atoms with van der Waals surface area (Å²) in [6, 6.07) is 0. The lowest BCUT2D eigenvalue weighted by molar-refractivity contribution is -0.404. The highest BCUT2D eigenvalue weighted by atomic mass is 16.6. The third kappa shape index (κ3) is 2.11. The van der Waals surface area contributed by atoms with Gasteiger partial charge in [-0.1, -0.05) is 0 Å². The van der Waals surface area contributed by atoms with E-state index < -0.39 is 4.92 Å². The average molecular weight is 171 g/mol. The maximum absolute atomic E-state index is 10.2. The fourth-order valence-corrected chi connectivity index (χ4v) is 1.27. The summed E-state index contributed by atoms with van der Waals surface area (Å²) < 4.78 is 0. The van der Waals surface area contributed by atoms with Gasteiger partial charge in [-0.25, -0.2) is 0 Å². The number of nitro groups is 1. The van der Waals surface area contributed by atoms with E-state index in [0.29, 0.717) is 5.82 Å². The molecule has 5 heteroatoms. The Morgan fingerprint density at radius 1 is 1.83 bits per heavy atom. The number of nitrogens with one attached hydrogen (secondary N) is 1. The lowest BCUT2D eigenvalue weighted by Gasteiger charge is -2.29. The molecule has 12 heavy (non-hydrogen) atoms. The van der Waals surface area contributed by atoms with Crippen LogP contribution in [0, 0.1) is 10.1 Å². The van der Waals surface area contributed by atoms with Crippen LogP contribution in [-0.4, -0.2) is 29.5 Å². The molecule has 0 bridgehead atoms. The SMILES string of the molecule is CCN1CCCNC1=C[N+](=O)[O-]. The predicted octanol–water partition coefficient (Wildman–Crippen LogP) is 0.377. The Balaban J connectivity index is 2.64. The molecule has 1 N–H and O–H groups in total. The summed E-state index contributed by atoms with van der Waals surface area (Å²) in [6.07, 6.45) is 2.07. The molecule has 0 unspecified atom stereocenters. The van der Waals surface area contributed by atoms with Crippen molar-refractivity contribution in [2.75, 3.05) is 19.6 Å². The Bertz CT molecular complexity index is 203. The van der Waals surface area contributed by atoms with E-state index in [9.17, 15) is 10.1 Å². The van der Waals surface area contributed by atoms with E-state index in [-0.39, 0.29) is 0 Å². The molecule has 0 aromatic carbocycles. The average Bonchev–Trinajstić information content (AvgIpc) is 2.04. The summed E-state index contributed by atoms with van der Waals surface area (Å²) in [5.74, 6) is 0.633. The molecule has 68 valence electrons. The first-order valence-electron chi connectivity index (χ1n) is 4.08. The molecule has 1 heterocycles. The second-order valence-corrected chi connectivity index (χ2v) is 2.66. The lowest BCUT2D eigenvalue weighted by Crippen LogP contribution is -2.39. The van der Waals surface area contributed by atoms with Crippen LogP contribution in [0.2, 0.25) is 0 Å². The van der Waals surface area contributed by atoms with Crippen molar-refractivity contribution in [2.24, 2.45) is 0 Å². The van der Waals surface area contributed by atoms with Gasteiger partial charge in [0.1, 0.15) is 0 Å². The van der Waals surface area contributed by atoms with E-state index in [4.69, 9.17) is 0 Å². The van der Waals surface area contributed by atoms with Crippen molar-refractivity contribution < 1.29 is 4.92 Å². The van der Waals surface area contributed by atoms with Gasteiger partial charge in [0, 0.05) is 19.6 Å². The van der Waals surface area contributed by atoms with Gasteiger partial charge in [-0.2, -0.15) is 0 Å². The molecule has 0 amide bonds. The van der Waals surface area contributed by atoms with Crippen LogP contribution >= 0.6 is 0 Å². The fourth-order valence-electron chi connectivity index (χ4n) is 1.27. The van der Waals surface area contributed by atoms with Crippen molar-refractivity contribution in [1.29, 1.82) is 0 Å². The molecule has 0 saturated carbocycles. The van der Waals surface area contributed by atoms with Crippen molar-refractivity contribution in [3.05, 3.63) is 22.1 Å². The number of hydrogen-bond acceptors (Lipinski definition) is 4. The zero-order chi connectivity index (χ0) is 8.97. The van der Waals surface area contributed by atoms with E-state index in [1.54, 1.807) is 0 Å². The molecule has 0 aromatic heterocycles. The van der Waals surface area contributed by atoms with Gasteiger partial charge in [-0.15, -0.1) is 0 Å². The van der Waals surface area contributed by atoms with Crippen molar-refractivity contribution in [3.8, 4) is 0 Å². The standard InChI is InChI=1S/C7H13N3O2/c1-2-9-5-3-4-8-7(9)6-10(11)12/h6,8H,2-5H2,1H3. The quantitative estimate of drug-likeness (QED) is 0.482. The summed E-state index contributed by atoms with van der Waals surface area (Å²) in [6.45, 7) is 4.53. The lowest BCUT2D eigenvalue weighted by atomic mass is 10.3. The Kier molecular flexibility index (Phi) is 2.90. The monoisotopic (exact) mass is 171 g/mol. The zero-order valence-corrected chi connectivity index (χ0v) is 7.12. The van der Waals surface area contributed by atoms with Crippen molar-refractivity contribution in [2.45, 2.75) is 13.3 Å². The number of nitrogens with zero attached hydrogens (tertiary/aromatic N) is 2. The molecule has 1 rings (SSSR count). The minimum Gasteiger partial charge on any atom is -0.367 e. The Morgan fingerprint density at radius 2 is 2.58 bits per heavy atom. The van der Waals surface area contributed by atoms with Gasteiger partial charge in [0.15, 0.2) is 5.82 Å². The van der Waals surface area contributed by atoms with Crippen LogP contribution < -0.4 is 5.32 Å². The van der Waals surface area contributed by atoms with Crippen LogP contribution in [0.1, 0.15) is 13.3 Å². The van der Waals surface area contributed by atoms with Crippen molar-refractivity contribution >= 4 is 0 Å². The number of rotatable bonds is 2. The molecule has 0 radical (unpaired) electrons. The fraction of sp³-hybridized carbons (Fsp3) is 0.714. The van der Waals surface area contributed by atoms with Crippen LogP contribution in [0.25, 0.3) is 0 Å².